The maximum atomic E-state index is 11.0. The first kappa shape index (κ1) is 13.3. The maximum Gasteiger partial charge on any atom is 0.121 e. The highest BCUT2D eigenvalue weighted by Gasteiger charge is 2.46. The molecule has 4 atom stereocenters. The van der Waals surface area contributed by atoms with Gasteiger partial charge in [0.15, 0.2) is 0 Å². The SMILES string of the molecule is O=CCC1CCCCN1C1CCC2Nc3ccccc3C21. The molecule has 0 spiro atoms. The maximum absolute atomic E-state index is 11.0. The molecule has 3 heteroatoms. The van der Waals surface area contributed by atoms with Gasteiger partial charge in [-0.15, -0.1) is 0 Å². The lowest BCUT2D eigenvalue weighted by atomic mass is 9.89. The molecule has 4 rings (SSSR count). The van der Waals surface area contributed by atoms with Crippen molar-refractivity contribution in [2.75, 3.05) is 11.9 Å². The van der Waals surface area contributed by atoms with Crippen LogP contribution in [0.15, 0.2) is 24.3 Å². The number of para-hydroxylation sites is 1. The summed E-state index contributed by atoms with van der Waals surface area (Å²) in [4.78, 5) is 13.7. The fourth-order valence-electron chi connectivity index (χ4n) is 4.88. The summed E-state index contributed by atoms with van der Waals surface area (Å²) >= 11 is 0. The van der Waals surface area contributed by atoms with Crippen LogP contribution in [0.5, 0.6) is 0 Å². The molecule has 2 heterocycles. The van der Waals surface area contributed by atoms with Gasteiger partial charge in [-0.1, -0.05) is 24.6 Å². The van der Waals surface area contributed by atoms with Gasteiger partial charge in [-0.25, -0.2) is 0 Å². The molecular weight excluding hydrogens is 260 g/mol. The van der Waals surface area contributed by atoms with Crippen LogP contribution in [0.1, 0.15) is 50.0 Å². The minimum Gasteiger partial charge on any atom is -0.381 e. The number of carbonyl (C=O) groups excluding carboxylic acids is 1. The number of nitrogens with zero attached hydrogens (tertiary/aromatic N) is 1. The Morgan fingerprint density at radius 2 is 2.10 bits per heavy atom. The van der Waals surface area contributed by atoms with Crippen LogP contribution in [0, 0.1) is 0 Å². The molecule has 3 nitrogen and oxygen atoms in total. The van der Waals surface area contributed by atoms with E-state index in [1.54, 1.807) is 0 Å². The molecule has 0 amide bonds. The minimum atomic E-state index is 0.479. The van der Waals surface area contributed by atoms with Crippen molar-refractivity contribution >= 4 is 12.0 Å². The number of fused-ring (bicyclic) bond motifs is 3. The molecule has 1 aromatic carbocycles. The number of hydrogen-bond donors (Lipinski definition) is 1. The molecule has 112 valence electrons. The van der Waals surface area contributed by atoms with Crippen molar-refractivity contribution in [3.8, 4) is 0 Å². The van der Waals surface area contributed by atoms with Gasteiger partial charge in [-0.05, 0) is 43.9 Å². The predicted octanol–water partition coefficient (Wildman–Crippen LogP) is 3.17. The molecule has 2 fully saturated rings. The summed E-state index contributed by atoms with van der Waals surface area (Å²) in [5.74, 6) is 0.619. The summed E-state index contributed by atoms with van der Waals surface area (Å²) in [7, 11) is 0. The Morgan fingerprint density at radius 3 is 3.00 bits per heavy atom. The Morgan fingerprint density at radius 1 is 1.19 bits per heavy atom. The number of likely N-dealkylation sites (tertiary alicyclic amines) is 1. The van der Waals surface area contributed by atoms with Gasteiger partial charge in [-0.3, -0.25) is 4.90 Å². The number of nitrogens with one attached hydrogen (secondary N) is 1. The molecular formula is C18H24N2O. The van der Waals surface area contributed by atoms with Crippen LogP contribution in [-0.4, -0.2) is 35.9 Å². The van der Waals surface area contributed by atoms with Gasteiger partial charge in [0, 0.05) is 36.2 Å². The lowest BCUT2D eigenvalue weighted by molar-refractivity contribution is -0.109. The molecule has 3 aliphatic rings. The summed E-state index contributed by atoms with van der Waals surface area (Å²) in [6.07, 6.45) is 8.13. The second-order valence-electron chi connectivity index (χ2n) is 6.80. The summed E-state index contributed by atoms with van der Waals surface area (Å²) in [5, 5.41) is 3.72. The van der Waals surface area contributed by atoms with Crippen LogP contribution in [0.25, 0.3) is 0 Å². The number of aldehydes is 1. The van der Waals surface area contributed by atoms with E-state index >= 15 is 0 Å². The van der Waals surface area contributed by atoms with E-state index in [0.29, 0.717) is 30.5 Å². The first-order chi connectivity index (χ1) is 10.4. The van der Waals surface area contributed by atoms with Crippen molar-refractivity contribution in [1.82, 2.24) is 4.90 Å². The topological polar surface area (TPSA) is 32.3 Å². The van der Waals surface area contributed by atoms with Gasteiger partial charge < -0.3 is 10.1 Å². The molecule has 1 saturated heterocycles. The third kappa shape index (κ3) is 2.18. The van der Waals surface area contributed by atoms with Gasteiger partial charge in [0.25, 0.3) is 0 Å². The largest absolute Gasteiger partial charge is 0.381 e. The highest BCUT2D eigenvalue weighted by atomic mass is 16.1. The third-order valence-electron chi connectivity index (χ3n) is 5.75. The van der Waals surface area contributed by atoms with Crippen molar-refractivity contribution < 1.29 is 4.79 Å². The van der Waals surface area contributed by atoms with E-state index in [-0.39, 0.29) is 0 Å². The summed E-state index contributed by atoms with van der Waals surface area (Å²) in [6.45, 7) is 1.18. The lowest BCUT2D eigenvalue weighted by Crippen LogP contribution is -2.48. The van der Waals surface area contributed by atoms with Gasteiger partial charge in [0.1, 0.15) is 6.29 Å². The third-order valence-corrected chi connectivity index (χ3v) is 5.75. The van der Waals surface area contributed by atoms with Gasteiger partial charge in [0.05, 0.1) is 0 Å². The van der Waals surface area contributed by atoms with Crippen molar-refractivity contribution in [2.24, 2.45) is 0 Å². The van der Waals surface area contributed by atoms with Gasteiger partial charge in [-0.2, -0.15) is 0 Å². The van der Waals surface area contributed by atoms with Gasteiger partial charge >= 0.3 is 0 Å². The number of hydrogen-bond acceptors (Lipinski definition) is 3. The summed E-state index contributed by atoms with van der Waals surface area (Å²) in [6, 6.07) is 10.5. The zero-order chi connectivity index (χ0) is 14.2. The quantitative estimate of drug-likeness (QED) is 0.865. The van der Waals surface area contributed by atoms with Crippen LogP contribution in [-0.2, 0) is 4.79 Å². The van der Waals surface area contributed by atoms with E-state index in [2.05, 4.69) is 34.5 Å². The number of rotatable bonds is 3. The standard InChI is InChI=1S/C18H24N2O/c21-12-10-13-5-3-4-11-20(13)17-9-8-16-18(17)14-6-1-2-7-15(14)19-16/h1-2,6-7,12-13,16-19H,3-5,8-11H2. The molecule has 1 aliphatic carbocycles. The molecule has 0 aromatic heterocycles. The van der Waals surface area contributed by atoms with E-state index in [1.807, 2.05) is 0 Å². The monoisotopic (exact) mass is 284 g/mol. The molecule has 2 aliphatic heterocycles. The first-order valence-corrected chi connectivity index (χ1v) is 8.43. The first-order valence-electron chi connectivity index (χ1n) is 8.43. The molecule has 1 aromatic rings. The van der Waals surface area contributed by atoms with Crippen LogP contribution in [0.3, 0.4) is 0 Å². The van der Waals surface area contributed by atoms with Crippen molar-refractivity contribution in [1.29, 1.82) is 0 Å². The van der Waals surface area contributed by atoms with Crippen LogP contribution < -0.4 is 5.32 Å². The van der Waals surface area contributed by atoms with E-state index in [9.17, 15) is 4.79 Å². The number of carbonyl (C=O) groups is 1. The average molecular weight is 284 g/mol. The zero-order valence-electron chi connectivity index (χ0n) is 12.5. The Kier molecular flexibility index (Phi) is 3.46. The van der Waals surface area contributed by atoms with Crippen molar-refractivity contribution in [3.05, 3.63) is 29.8 Å². The van der Waals surface area contributed by atoms with Crippen LogP contribution >= 0.6 is 0 Å². The van der Waals surface area contributed by atoms with E-state index in [0.717, 1.165) is 6.29 Å². The molecule has 1 N–H and O–H groups in total. The van der Waals surface area contributed by atoms with Crippen LogP contribution in [0.2, 0.25) is 0 Å². The zero-order valence-corrected chi connectivity index (χ0v) is 12.5. The fraction of sp³-hybridized carbons (Fsp3) is 0.611. The second-order valence-corrected chi connectivity index (χ2v) is 6.80. The Balaban J connectivity index is 1.62. The predicted molar refractivity (Wildman–Crippen MR) is 84.6 cm³/mol. The normalized spacial score (nSPS) is 35.0. The highest BCUT2D eigenvalue weighted by molar-refractivity contribution is 5.60. The number of piperidine rings is 1. The lowest BCUT2D eigenvalue weighted by Gasteiger charge is -2.41. The second kappa shape index (κ2) is 5.45. The summed E-state index contributed by atoms with van der Waals surface area (Å²) in [5.41, 5.74) is 2.83. The number of anilines is 1. The Hall–Kier alpha value is -1.35. The average Bonchev–Trinajstić information content (AvgIpc) is 3.07. The minimum absolute atomic E-state index is 0.479. The van der Waals surface area contributed by atoms with E-state index in [4.69, 9.17) is 0 Å². The highest BCUT2D eigenvalue weighted by Crippen LogP contribution is 2.48. The molecule has 1 saturated carbocycles. The molecule has 0 radical (unpaired) electrons. The van der Waals surface area contributed by atoms with Gasteiger partial charge in [0.2, 0.25) is 0 Å². The van der Waals surface area contributed by atoms with E-state index in [1.165, 1.54) is 49.9 Å². The molecule has 4 unspecified atom stereocenters. The van der Waals surface area contributed by atoms with Crippen molar-refractivity contribution in [2.45, 2.75) is 62.6 Å². The molecule has 0 bridgehead atoms. The summed E-state index contributed by atoms with van der Waals surface area (Å²) < 4.78 is 0. The molecule has 21 heavy (non-hydrogen) atoms. The Labute approximate surface area is 126 Å². The Bertz CT molecular complexity index is 530. The fourth-order valence-corrected chi connectivity index (χ4v) is 4.88. The van der Waals surface area contributed by atoms with Crippen LogP contribution in [0.4, 0.5) is 5.69 Å². The smallest absolute Gasteiger partial charge is 0.121 e. The van der Waals surface area contributed by atoms with E-state index < -0.39 is 0 Å². The van der Waals surface area contributed by atoms with Crippen molar-refractivity contribution in [3.63, 3.8) is 0 Å². The number of benzene rings is 1.